The molecule has 2 saturated heterocycles. The molecule has 2 heterocycles. The van der Waals surface area contributed by atoms with Crippen molar-refractivity contribution in [3.63, 3.8) is 0 Å². The molecular weight excluding hydrogens is 256 g/mol. The van der Waals surface area contributed by atoms with Crippen LogP contribution < -0.4 is 10.6 Å². The molecule has 128 valence electrons. The molecule has 2 heteroatoms. The Kier molecular flexibility index (Phi) is 11.4. The quantitative estimate of drug-likeness (QED) is 0.767. The summed E-state index contributed by atoms with van der Waals surface area (Å²) >= 11 is 0. The highest BCUT2D eigenvalue weighted by atomic mass is 14.9. The molecule has 2 aliphatic heterocycles. The molecule has 3 aliphatic rings. The van der Waals surface area contributed by atoms with E-state index in [1.807, 2.05) is 27.7 Å². The first-order chi connectivity index (χ1) is 10.2. The summed E-state index contributed by atoms with van der Waals surface area (Å²) in [6, 6.07) is 0. The minimum Gasteiger partial charge on any atom is -0.316 e. The lowest BCUT2D eigenvalue weighted by atomic mass is 9.80. The van der Waals surface area contributed by atoms with Gasteiger partial charge in [0.2, 0.25) is 0 Å². The van der Waals surface area contributed by atoms with Crippen LogP contribution in [0.1, 0.15) is 86.5 Å². The molecule has 3 fully saturated rings. The fraction of sp³-hybridized carbons (Fsp3) is 1.00. The minimum atomic E-state index is 0.675. The lowest BCUT2D eigenvalue weighted by Gasteiger charge is -2.25. The zero-order valence-electron chi connectivity index (χ0n) is 15.8. The second-order valence-corrected chi connectivity index (χ2v) is 6.46. The fourth-order valence-electron chi connectivity index (χ4n) is 3.42. The lowest BCUT2D eigenvalue weighted by Crippen LogP contribution is -2.22. The Balaban J connectivity index is 0.000000317. The second-order valence-electron chi connectivity index (χ2n) is 6.46. The molecule has 0 amide bonds. The van der Waals surface area contributed by atoms with E-state index >= 15 is 0 Å². The Labute approximate surface area is 134 Å². The third kappa shape index (κ3) is 7.15. The van der Waals surface area contributed by atoms with Gasteiger partial charge in [0.15, 0.2) is 0 Å². The van der Waals surface area contributed by atoms with Gasteiger partial charge in [-0.1, -0.05) is 48.0 Å². The van der Waals surface area contributed by atoms with Crippen LogP contribution in [0.25, 0.3) is 0 Å². The first-order valence-electron chi connectivity index (χ1n) is 9.66. The Hall–Kier alpha value is -0.0800. The van der Waals surface area contributed by atoms with Gasteiger partial charge in [-0.2, -0.15) is 0 Å². The molecule has 21 heavy (non-hydrogen) atoms. The molecule has 1 unspecified atom stereocenters. The van der Waals surface area contributed by atoms with Gasteiger partial charge in [0.25, 0.3) is 0 Å². The first kappa shape index (κ1) is 20.9. The van der Waals surface area contributed by atoms with Crippen molar-refractivity contribution < 1.29 is 0 Å². The van der Waals surface area contributed by atoms with Crippen LogP contribution in [0.2, 0.25) is 0 Å². The molecule has 3 rings (SSSR count). The SMILES string of the molecule is C1CC2(CC2)CN1.CC.CC.CCCC1(CC)CCNC1. The van der Waals surface area contributed by atoms with E-state index in [1.54, 1.807) is 0 Å². The van der Waals surface area contributed by atoms with Gasteiger partial charge in [-0.3, -0.25) is 0 Å². The number of rotatable bonds is 3. The van der Waals surface area contributed by atoms with Gasteiger partial charge >= 0.3 is 0 Å². The van der Waals surface area contributed by atoms with Crippen molar-refractivity contribution in [1.82, 2.24) is 10.6 Å². The average Bonchev–Trinajstić information content (AvgIpc) is 2.95. The summed E-state index contributed by atoms with van der Waals surface area (Å²) < 4.78 is 0. The highest BCUT2D eigenvalue weighted by molar-refractivity contribution is 4.98. The van der Waals surface area contributed by atoms with Crippen molar-refractivity contribution in [3.8, 4) is 0 Å². The van der Waals surface area contributed by atoms with Gasteiger partial charge in [-0.25, -0.2) is 0 Å². The molecule has 1 saturated carbocycles. The van der Waals surface area contributed by atoms with Gasteiger partial charge in [0.1, 0.15) is 0 Å². The van der Waals surface area contributed by atoms with Crippen LogP contribution in [-0.2, 0) is 0 Å². The van der Waals surface area contributed by atoms with Gasteiger partial charge in [0.05, 0.1) is 0 Å². The smallest absolute Gasteiger partial charge is 0.000829 e. The van der Waals surface area contributed by atoms with E-state index < -0.39 is 0 Å². The maximum atomic E-state index is 3.45. The number of hydrogen-bond donors (Lipinski definition) is 2. The molecule has 0 radical (unpaired) electrons. The Morgan fingerprint density at radius 3 is 1.62 bits per heavy atom. The van der Waals surface area contributed by atoms with E-state index in [0.717, 1.165) is 5.41 Å². The summed E-state index contributed by atoms with van der Waals surface area (Å²) in [5.41, 5.74) is 1.51. The molecule has 0 bridgehead atoms. The third-order valence-corrected chi connectivity index (χ3v) is 5.15. The van der Waals surface area contributed by atoms with Crippen LogP contribution in [-0.4, -0.2) is 26.2 Å². The standard InChI is InChI=1S/C9H19N.C6H11N.2C2H6/c1-3-5-9(4-2)6-7-10-8-9;1-2-6(1)3-4-7-5-6;2*1-2/h10H,3-8H2,1-2H3;7H,1-5H2;2*1-2H3. The lowest BCUT2D eigenvalue weighted by molar-refractivity contribution is 0.281. The zero-order valence-corrected chi connectivity index (χ0v) is 15.8. The summed E-state index contributed by atoms with van der Waals surface area (Å²) in [4.78, 5) is 0. The molecule has 1 spiro atoms. The van der Waals surface area contributed by atoms with Gasteiger partial charge < -0.3 is 10.6 Å². The Bertz CT molecular complexity index is 220. The normalized spacial score (nSPS) is 27.7. The Morgan fingerprint density at radius 1 is 0.762 bits per heavy atom. The maximum Gasteiger partial charge on any atom is 0.000829 e. The minimum absolute atomic E-state index is 0.675. The van der Waals surface area contributed by atoms with Crippen LogP contribution in [0.4, 0.5) is 0 Å². The van der Waals surface area contributed by atoms with Crippen molar-refractivity contribution in [2.45, 2.75) is 86.5 Å². The van der Waals surface area contributed by atoms with E-state index in [4.69, 9.17) is 0 Å². The highest BCUT2D eigenvalue weighted by Gasteiger charge is 2.44. The molecule has 1 aliphatic carbocycles. The van der Waals surface area contributed by atoms with E-state index in [0.29, 0.717) is 5.41 Å². The third-order valence-electron chi connectivity index (χ3n) is 5.15. The molecular formula is C19H42N2. The highest BCUT2D eigenvalue weighted by Crippen LogP contribution is 2.49. The fourth-order valence-corrected chi connectivity index (χ4v) is 3.42. The summed E-state index contributed by atoms with van der Waals surface area (Å²) in [6.45, 7) is 17.7. The van der Waals surface area contributed by atoms with Crippen molar-refractivity contribution in [2.75, 3.05) is 26.2 Å². The van der Waals surface area contributed by atoms with Gasteiger partial charge in [-0.15, -0.1) is 0 Å². The largest absolute Gasteiger partial charge is 0.316 e. The van der Waals surface area contributed by atoms with Gasteiger partial charge in [-0.05, 0) is 62.4 Å². The Morgan fingerprint density at radius 2 is 1.33 bits per heavy atom. The van der Waals surface area contributed by atoms with Gasteiger partial charge in [0, 0.05) is 13.1 Å². The number of nitrogens with one attached hydrogen (secondary N) is 2. The van der Waals surface area contributed by atoms with Crippen LogP contribution in [0.5, 0.6) is 0 Å². The predicted molar refractivity (Wildman–Crippen MR) is 97.0 cm³/mol. The summed E-state index contributed by atoms with van der Waals surface area (Å²) in [5.74, 6) is 0. The van der Waals surface area contributed by atoms with Crippen LogP contribution >= 0.6 is 0 Å². The molecule has 1 atom stereocenters. The zero-order chi connectivity index (χ0) is 16.2. The molecule has 2 N–H and O–H groups in total. The number of hydrogen-bond acceptors (Lipinski definition) is 2. The molecule has 0 aromatic heterocycles. The predicted octanol–water partition coefficient (Wildman–Crippen LogP) is 4.99. The first-order valence-corrected chi connectivity index (χ1v) is 9.66. The van der Waals surface area contributed by atoms with E-state index in [9.17, 15) is 0 Å². The molecule has 0 aromatic carbocycles. The van der Waals surface area contributed by atoms with E-state index in [1.165, 1.54) is 71.1 Å². The molecule has 0 aromatic rings. The van der Waals surface area contributed by atoms with Crippen molar-refractivity contribution in [2.24, 2.45) is 10.8 Å². The van der Waals surface area contributed by atoms with Crippen LogP contribution in [0.15, 0.2) is 0 Å². The molecule has 2 nitrogen and oxygen atoms in total. The van der Waals surface area contributed by atoms with Crippen molar-refractivity contribution in [3.05, 3.63) is 0 Å². The maximum absolute atomic E-state index is 3.45. The second kappa shape index (κ2) is 11.5. The summed E-state index contributed by atoms with van der Waals surface area (Å²) in [6.07, 6.45) is 9.96. The van der Waals surface area contributed by atoms with Crippen LogP contribution in [0, 0.1) is 10.8 Å². The summed E-state index contributed by atoms with van der Waals surface area (Å²) in [5, 5.41) is 6.82. The van der Waals surface area contributed by atoms with E-state index in [2.05, 4.69) is 24.5 Å². The summed E-state index contributed by atoms with van der Waals surface area (Å²) in [7, 11) is 0. The average molecular weight is 299 g/mol. The van der Waals surface area contributed by atoms with E-state index in [-0.39, 0.29) is 0 Å². The monoisotopic (exact) mass is 298 g/mol. The van der Waals surface area contributed by atoms with Crippen molar-refractivity contribution >= 4 is 0 Å². The van der Waals surface area contributed by atoms with Crippen molar-refractivity contribution in [1.29, 1.82) is 0 Å². The van der Waals surface area contributed by atoms with Crippen LogP contribution in [0.3, 0.4) is 0 Å². The topological polar surface area (TPSA) is 24.1 Å².